The van der Waals surface area contributed by atoms with Crippen molar-refractivity contribution >= 4 is 45.9 Å². The van der Waals surface area contributed by atoms with Crippen molar-refractivity contribution in [2.45, 2.75) is 18.9 Å². The fourth-order valence-corrected chi connectivity index (χ4v) is 8.94. The van der Waals surface area contributed by atoms with Crippen LogP contribution in [0.1, 0.15) is 32.2 Å². The first-order valence-electron chi connectivity index (χ1n) is 19.9. The molecular weight excluding hydrogens is 745 g/mol. The molecule has 3 N–H and O–H groups in total. The van der Waals surface area contributed by atoms with Crippen LogP contribution >= 0.6 is 22.7 Å². The van der Waals surface area contributed by atoms with Gasteiger partial charge >= 0.3 is 0 Å². The molecule has 11 nitrogen and oxygen atoms in total. The predicted molar refractivity (Wildman–Crippen MR) is 228 cm³/mol. The molecule has 56 heavy (non-hydrogen) atoms. The predicted octanol–water partition coefficient (Wildman–Crippen LogP) is 5.29. The number of aliphatic hydroxyl groups is 1. The number of morpholine rings is 2. The molecule has 298 valence electrons. The molecule has 6 heterocycles. The summed E-state index contributed by atoms with van der Waals surface area (Å²) >= 11 is 2.98. The zero-order valence-electron chi connectivity index (χ0n) is 32.1. The molecule has 1 atom stereocenters. The van der Waals surface area contributed by atoms with Crippen molar-refractivity contribution in [2.24, 2.45) is 0 Å². The maximum atomic E-state index is 12.4. The highest BCUT2D eigenvalue weighted by Gasteiger charge is 2.21. The molecule has 0 aliphatic carbocycles. The first-order chi connectivity index (χ1) is 27.5. The van der Waals surface area contributed by atoms with Gasteiger partial charge in [0.1, 0.15) is 0 Å². The number of carbonyl (C=O) groups is 2. The summed E-state index contributed by atoms with van der Waals surface area (Å²) in [5.41, 5.74) is 6.82. The van der Waals surface area contributed by atoms with E-state index in [0.29, 0.717) is 19.6 Å². The number of ether oxygens (including phenoxy) is 2. The van der Waals surface area contributed by atoms with E-state index in [1.165, 1.54) is 28.4 Å². The van der Waals surface area contributed by atoms with Gasteiger partial charge in [-0.2, -0.15) is 0 Å². The number of β-amino-alcohol motifs (C(OH)–C–C–N with tert-alkyl or cyclic N) is 1. The van der Waals surface area contributed by atoms with Crippen molar-refractivity contribution in [1.82, 2.24) is 20.4 Å². The van der Waals surface area contributed by atoms with Gasteiger partial charge in [-0.15, -0.1) is 22.7 Å². The highest BCUT2D eigenvalue weighted by Crippen LogP contribution is 2.30. The number of anilines is 2. The Labute approximate surface area is 338 Å². The lowest BCUT2D eigenvalue weighted by molar-refractivity contribution is 0.0382. The topological polar surface area (TPSA) is 110 Å². The van der Waals surface area contributed by atoms with E-state index in [-0.39, 0.29) is 17.9 Å². The minimum absolute atomic E-state index is 0.00724. The normalized spacial score (nSPS) is 19.1. The Morgan fingerprint density at radius 2 is 1.14 bits per heavy atom. The first-order valence-corrected chi connectivity index (χ1v) is 21.6. The molecule has 0 spiro atoms. The number of benzene rings is 2. The smallest absolute Gasteiger partial charge is 0.261 e. The lowest BCUT2D eigenvalue weighted by Gasteiger charge is -2.26. The van der Waals surface area contributed by atoms with Crippen LogP contribution in [-0.2, 0) is 9.47 Å². The van der Waals surface area contributed by atoms with Crippen LogP contribution in [0.2, 0.25) is 0 Å². The summed E-state index contributed by atoms with van der Waals surface area (Å²) < 4.78 is 10.7. The summed E-state index contributed by atoms with van der Waals surface area (Å²) in [6, 6.07) is 21.0. The van der Waals surface area contributed by atoms with E-state index in [1.54, 1.807) is 0 Å². The van der Waals surface area contributed by atoms with Gasteiger partial charge in [-0.3, -0.25) is 19.4 Å². The monoisotopic (exact) mass is 798 g/mol. The van der Waals surface area contributed by atoms with Gasteiger partial charge in [0.15, 0.2) is 0 Å². The largest absolute Gasteiger partial charge is 0.391 e. The van der Waals surface area contributed by atoms with Gasteiger partial charge < -0.3 is 35.0 Å². The van der Waals surface area contributed by atoms with Crippen molar-refractivity contribution in [1.29, 1.82) is 0 Å². The summed E-state index contributed by atoms with van der Waals surface area (Å²) in [7, 11) is 0. The summed E-state index contributed by atoms with van der Waals surface area (Å²) in [6.07, 6.45) is 6.18. The SMILES string of the molecule is O=C(NCCN1CCOCC1)c1cc(-c2ccc(N3CC=CCC3)cc2)cs1.O=C(NCCN1CCOCC1)c1cc(-c2ccc(N3CC[C@@H](O)C3)cc2)cs1. The molecule has 3 fully saturated rings. The maximum Gasteiger partial charge on any atom is 0.261 e. The molecule has 4 aliphatic heterocycles. The van der Waals surface area contributed by atoms with Crippen LogP contribution in [0.4, 0.5) is 11.4 Å². The molecule has 0 radical (unpaired) electrons. The number of carbonyl (C=O) groups excluding carboxylic acids is 2. The molecule has 0 bridgehead atoms. The molecule has 4 aromatic rings. The molecular formula is C43H54N6O5S2. The molecule has 0 saturated carbocycles. The van der Waals surface area contributed by atoms with E-state index in [1.807, 2.05) is 17.5 Å². The number of hydrogen-bond acceptors (Lipinski definition) is 11. The van der Waals surface area contributed by atoms with Gasteiger partial charge in [-0.1, -0.05) is 36.4 Å². The van der Waals surface area contributed by atoms with Gasteiger partial charge in [0.2, 0.25) is 0 Å². The second-order valence-corrected chi connectivity index (χ2v) is 16.3. The number of amides is 2. The average molecular weight is 799 g/mol. The van der Waals surface area contributed by atoms with Crippen LogP contribution in [0, 0.1) is 0 Å². The molecule has 3 saturated heterocycles. The van der Waals surface area contributed by atoms with Crippen LogP contribution in [-0.4, -0.2) is 138 Å². The lowest BCUT2D eigenvalue weighted by atomic mass is 10.1. The summed E-state index contributed by atoms with van der Waals surface area (Å²) in [5.74, 6) is 0.00779. The van der Waals surface area contributed by atoms with Crippen molar-refractivity contribution < 1.29 is 24.2 Å². The highest BCUT2D eigenvalue weighted by molar-refractivity contribution is 7.12. The minimum Gasteiger partial charge on any atom is -0.391 e. The van der Waals surface area contributed by atoms with Crippen molar-refractivity contribution in [3.8, 4) is 22.3 Å². The number of hydrogen-bond donors (Lipinski definition) is 3. The quantitative estimate of drug-likeness (QED) is 0.165. The third-order valence-corrected chi connectivity index (χ3v) is 12.5. The highest BCUT2D eigenvalue weighted by atomic mass is 32.1. The zero-order valence-corrected chi connectivity index (χ0v) is 33.7. The Morgan fingerprint density at radius 3 is 1.59 bits per heavy atom. The van der Waals surface area contributed by atoms with Crippen LogP contribution < -0.4 is 20.4 Å². The lowest BCUT2D eigenvalue weighted by Crippen LogP contribution is -2.41. The van der Waals surface area contributed by atoms with E-state index >= 15 is 0 Å². The molecule has 2 amide bonds. The van der Waals surface area contributed by atoms with Crippen LogP contribution in [0.15, 0.2) is 83.6 Å². The van der Waals surface area contributed by atoms with E-state index in [0.717, 1.165) is 136 Å². The Bertz CT molecular complexity index is 1870. The van der Waals surface area contributed by atoms with Gasteiger partial charge in [0.25, 0.3) is 11.8 Å². The number of nitrogens with one attached hydrogen (secondary N) is 2. The molecule has 8 rings (SSSR count). The average Bonchev–Trinajstić information content (AvgIpc) is 4.05. The number of nitrogens with zero attached hydrogens (tertiary/aromatic N) is 4. The van der Waals surface area contributed by atoms with Crippen molar-refractivity contribution in [2.75, 3.05) is 115 Å². The van der Waals surface area contributed by atoms with E-state index in [9.17, 15) is 14.7 Å². The molecule has 4 aliphatic rings. The Morgan fingerprint density at radius 1 is 0.643 bits per heavy atom. The van der Waals surface area contributed by atoms with E-state index in [4.69, 9.17) is 9.47 Å². The summed E-state index contributed by atoms with van der Waals surface area (Å²) in [6.45, 7) is 13.6. The second-order valence-electron chi connectivity index (χ2n) is 14.5. The third-order valence-electron chi connectivity index (χ3n) is 10.6. The molecule has 2 aromatic heterocycles. The van der Waals surface area contributed by atoms with Crippen LogP contribution in [0.25, 0.3) is 22.3 Å². The van der Waals surface area contributed by atoms with Gasteiger partial charge in [-0.25, -0.2) is 0 Å². The minimum atomic E-state index is -0.221. The number of aliphatic hydroxyl groups excluding tert-OH is 1. The van der Waals surface area contributed by atoms with Crippen LogP contribution in [0.5, 0.6) is 0 Å². The number of thiophene rings is 2. The summed E-state index contributed by atoms with van der Waals surface area (Å²) in [5, 5.41) is 19.9. The van der Waals surface area contributed by atoms with Crippen LogP contribution in [0.3, 0.4) is 0 Å². The fraction of sp³-hybridized carbons (Fsp3) is 0.442. The fourth-order valence-electron chi connectivity index (χ4n) is 7.27. The van der Waals surface area contributed by atoms with E-state index < -0.39 is 0 Å². The number of rotatable bonds is 12. The molecule has 2 aromatic carbocycles. The third kappa shape index (κ3) is 11.3. The van der Waals surface area contributed by atoms with Crippen molar-refractivity contribution in [3.63, 3.8) is 0 Å². The standard InChI is InChI=1S/C22H27N3O2S.C21H27N3O3S/c26-22(23-8-11-24-12-14-27-15-13-24)21-16-19(17-28-21)18-4-6-20(7-5-18)25-9-2-1-3-10-25;25-19-5-7-24(14-19)18-3-1-16(2-4-18)17-13-20(28-15-17)21(26)22-6-8-23-9-11-27-12-10-23/h1-2,4-7,16-17H,3,8-15H2,(H,23,26);1-4,13,15,19,25H,5-12,14H2,(H,22,26)/t;19-/m.1/s1. The molecule has 0 unspecified atom stereocenters. The van der Waals surface area contributed by atoms with E-state index in [2.05, 4.69) is 96.3 Å². The Hall–Kier alpha value is -4.08. The summed E-state index contributed by atoms with van der Waals surface area (Å²) in [4.78, 5) is 35.6. The second kappa shape index (κ2) is 20.4. The maximum absolute atomic E-state index is 12.4. The Kier molecular flexibility index (Phi) is 14.6. The van der Waals surface area contributed by atoms with Crippen molar-refractivity contribution in [3.05, 3.63) is 93.3 Å². The first kappa shape index (κ1) is 40.1. The van der Waals surface area contributed by atoms with Gasteiger partial charge in [-0.05, 0) is 82.3 Å². The zero-order chi connectivity index (χ0) is 38.5. The Balaban J connectivity index is 0.000000172. The van der Waals surface area contributed by atoms with Gasteiger partial charge in [0.05, 0.1) is 42.3 Å². The van der Waals surface area contributed by atoms with Gasteiger partial charge in [0, 0.05) is 89.9 Å². The molecule has 13 heteroatoms.